The van der Waals surface area contributed by atoms with Crippen LogP contribution in [-0.4, -0.2) is 19.9 Å². The van der Waals surface area contributed by atoms with Crippen LogP contribution in [-0.2, 0) is 6.54 Å². The van der Waals surface area contributed by atoms with E-state index in [1.165, 1.54) is 24.5 Å². The first-order valence-corrected chi connectivity index (χ1v) is 7.29. The van der Waals surface area contributed by atoms with Crippen LogP contribution in [0.3, 0.4) is 0 Å². The molecule has 0 fully saturated rings. The van der Waals surface area contributed by atoms with Gasteiger partial charge in [-0.2, -0.15) is 0 Å². The van der Waals surface area contributed by atoms with E-state index in [0.717, 1.165) is 5.56 Å². The molecule has 0 atom stereocenters. The van der Waals surface area contributed by atoms with E-state index in [1.54, 1.807) is 24.5 Å². The minimum atomic E-state index is -0.616. The van der Waals surface area contributed by atoms with Crippen molar-refractivity contribution in [3.63, 3.8) is 0 Å². The van der Waals surface area contributed by atoms with Gasteiger partial charge in [0, 0.05) is 18.9 Å². The van der Waals surface area contributed by atoms with Gasteiger partial charge in [0.2, 0.25) is 11.6 Å². The minimum absolute atomic E-state index is 0.0303. The zero-order valence-corrected chi connectivity index (χ0v) is 12.9. The third kappa shape index (κ3) is 3.83. The number of hydrogen-bond acceptors (Lipinski definition) is 7. The van der Waals surface area contributed by atoms with Crippen molar-refractivity contribution in [1.82, 2.24) is 15.0 Å². The molecule has 25 heavy (non-hydrogen) atoms. The first-order chi connectivity index (χ1) is 12.1. The Bertz CT molecular complexity index is 891. The van der Waals surface area contributed by atoms with Gasteiger partial charge in [-0.3, -0.25) is 15.1 Å². The molecule has 126 valence electrons. The van der Waals surface area contributed by atoms with Gasteiger partial charge in [0.25, 0.3) is 0 Å². The van der Waals surface area contributed by atoms with Crippen LogP contribution in [0.2, 0.25) is 0 Å². The van der Waals surface area contributed by atoms with Crippen molar-refractivity contribution in [1.29, 1.82) is 0 Å². The van der Waals surface area contributed by atoms with Crippen LogP contribution in [0.5, 0.6) is 0 Å². The summed E-state index contributed by atoms with van der Waals surface area (Å²) in [6, 6.07) is 9.43. The van der Waals surface area contributed by atoms with E-state index in [-0.39, 0.29) is 23.0 Å². The fourth-order valence-corrected chi connectivity index (χ4v) is 2.15. The predicted octanol–water partition coefficient (Wildman–Crippen LogP) is 3.27. The van der Waals surface area contributed by atoms with E-state index >= 15 is 0 Å². The summed E-state index contributed by atoms with van der Waals surface area (Å²) in [6.45, 7) is 0.296. The second-order valence-electron chi connectivity index (χ2n) is 5.00. The number of benzene rings is 1. The van der Waals surface area contributed by atoms with Crippen molar-refractivity contribution in [2.24, 2.45) is 0 Å². The van der Waals surface area contributed by atoms with Crippen LogP contribution in [0.15, 0.2) is 55.1 Å². The number of hydrogen-bond donors (Lipinski definition) is 2. The standard InChI is InChI=1S/C16H13FN6O2/c17-12-5-1-2-6-13(12)22-16-14(23(24)25)15(20-10-21-16)19-9-11-4-3-7-18-8-11/h1-8,10H,9H2,(H2,19,20,21,22). The third-order valence-electron chi connectivity index (χ3n) is 3.31. The summed E-state index contributed by atoms with van der Waals surface area (Å²) in [7, 11) is 0. The fourth-order valence-electron chi connectivity index (χ4n) is 2.15. The van der Waals surface area contributed by atoms with Gasteiger partial charge in [0.15, 0.2) is 0 Å². The Kier molecular flexibility index (Phi) is 4.74. The van der Waals surface area contributed by atoms with Gasteiger partial charge in [-0.15, -0.1) is 0 Å². The topological polar surface area (TPSA) is 106 Å². The summed E-state index contributed by atoms with van der Waals surface area (Å²) in [5.41, 5.74) is 0.552. The van der Waals surface area contributed by atoms with E-state index in [2.05, 4.69) is 25.6 Å². The molecular weight excluding hydrogens is 327 g/mol. The maximum absolute atomic E-state index is 13.8. The molecule has 9 heteroatoms. The Hall–Kier alpha value is -3.62. The van der Waals surface area contributed by atoms with Gasteiger partial charge in [-0.25, -0.2) is 14.4 Å². The number of halogens is 1. The molecule has 0 bridgehead atoms. The number of nitrogens with one attached hydrogen (secondary N) is 2. The average Bonchev–Trinajstić information content (AvgIpc) is 2.62. The molecule has 0 radical (unpaired) electrons. The third-order valence-corrected chi connectivity index (χ3v) is 3.31. The molecule has 0 unspecified atom stereocenters. The second-order valence-corrected chi connectivity index (χ2v) is 5.00. The van der Waals surface area contributed by atoms with Gasteiger partial charge >= 0.3 is 5.69 Å². The number of anilines is 3. The predicted molar refractivity (Wildman–Crippen MR) is 89.9 cm³/mol. The monoisotopic (exact) mass is 340 g/mol. The summed E-state index contributed by atoms with van der Waals surface area (Å²) >= 11 is 0. The lowest BCUT2D eigenvalue weighted by Crippen LogP contribution is -2.08. The molecule has 2 heterocycles. The average molecular weight is 340 g/mol. The Morgan fingerprint density at radius 3 is 2.64 bits per heavy atom. The van der Waals surface area contributed by atoms with Crippen molar-refractivity contribution >= 4 is 23.0 Å². The van der Waals surface area contributed by atoms with Crippen molar-refractivity contribution in [3.8, 4) is 0 Å². The molecular formula is C16H13FN6O2. The molecule has 8 nitrogen and oxygen atoms in total. The Labute approximate surface area is 141 Å². The van der Waals surface area contributed by atoms with Crippen molar-refractivity contribution in [2.75, 3.05) is 10.6 Å². The first kappa shape index (κ1) is 16.2. The number of para-hydroxylation sites is 1. The van der Waals surface area contributed by atoms with Crippen LogP contribution >= 0.6 is 0 Å². The molecule has 0 saturated carbocycles. The number of nitro groups is 1. The molecule has 1 aromatic carbocycles. The van der Waals surface area contributed by atoms with E-state index in [9.17, 15) is 14.5 Å². The molecule has 0 saturated heterocycles. The van der Waals surface area contributed by atoms with Gasteiger partial charge < -0.3 is 10.6 Å². The highest BCUT2D eigenvalue weighted by Crippen LogP contribution is 2.31. The smallest absolute Gasteiger partial charge is 0.353 e. The lowest BCUT2D eigenvalue weighted by Gasteiger charge is -2.10. The van der Waals surface area contributed by atoms with Gasteiger partial charge in [0.1, 0.15) is 12.1 Å². The molecule has 0 aliphatic rings. The maximum Gasteiger partial charge on any atom is 0.353 e. The normalized spacial score (nSPS) is 10.3. The summed E-state index contributed by atoms with van der Waals surface area (Å²) in [5.74, 6) is -0.609. The van der Waals surface area contributed by atoms with E-state index in [0.29, 0.717) is 6.54 Å². The maximum atomic E-state index is 13.8. The quantitative estimate of drug-likeness (QED) is 0.524. The fraction of sp³-hybridized carbons (Fsp3) is 0.0625. The SMILES string of the molecule is O=[N+]([O-])c1c(NCc2cccnc2)ncnc1Nc1ccccc1F. The zero-order chi connectivity index (χ0) is 17.6. The largest absolute Gasteiger partial charge is 0.360 e. The number of pyridine rings is 1. The number of nitrogens with zero attached hydrogens (tertiary/aromatic N) is 4. The summed E-state index contributed by atoms with van der Waals surface area (Å²) in [6.07, 6.45) is 4.44. The van der Waals surface area contributed by atoms with Gasteiger partial charge in [0.05, 0.1) is 10.6 Å². The highest BCUT2D eigenvalue weighted by Gasteiger charge is 2.23. The summed E-state index contributed by atoms with van der Waals surface area (Å²) in [5, 5.41) is 17.0. The van der Waals surface area contributed by atoms with Gasteiger partial charge in [-0.1, -0.05) is 18.2 Å². The number of aromatic nitrogens is 3. The zero-order valence-electron chi connectivity index (χ0n) is 12.9. The van der Waals surface area contributed by atoms with Crippen LogP contribution < -0.4 is 10.6 Å². The van der Waals surface area contributed by atoms with Crippen molar-refractivity contribution < 1.29 is 9.31 Å². The van der Waals surface area contributed by atoms with E-state index in [4.69, 9.17) is 0 Å². The lowest BCUT2D eigenvalue weighted by molar-refractivity contribution is -0.383. The Balaban J connectivity index is 1.89. The summed E-state index contributed by atoms with van der Waals surface area (Å²) < 4.78 is 13.8. The highest BCUT2D eigenvalue weighted by molar-refractivity contribution is 5.73. The molecule has 0 amide bonds. The van der Waals surface area contributed by atoms with Crippen LogP contribution in [0.25, 0.3) is 0 Å². The first-order valence-electron chi connectivity index (χ1n) is 7.29. The van der Waals surface area contributed by atoms with E-state index < -0.39 is 10.7 Å². The van der Waals surface area contributed by atoms with E-state index in [1.807, 2.05) is 6.07 Å². The molecule has 3 rings (SSSR count). The highest BCUT2D eigenvalue weighted by atomic mass is 19.1. The molecule has 0 aliphatic carbocycles. The second kappa shape index (κ2) is 7.30. The van der Waals surface area contributed by atoms with Crippen LogP contribution in [0.4, 0.5) is 27.4 Å². The molecule has 2 N–H and O–H groups in total. The molecule has 2 aromatic heterocycles. The molecule has 0 spiro atoms. The van der Waals surface area contributed by atoms with Crippen molar-refractivity contribution in [2.45, 2.75) is 6.54 Å². The Morgan fingerprint density at radius 1 is 1.12 bits per heavy atom. The molecule has 0 aliphatic heterocycles. The van der Waals surface area contributed by atoms with Gasteiger partial charge in [-0.05, 0) is 23.8 Å². The van der Waals surface area contributed by atoms with Crippen molar-refractivity contribution in [3.05, 3.63) is 76.6 Å². The molecule has 3 aromatic rings. The minimum Gasteiger partial charge on any atom is -0.360 e. The van der Waals surface area contributed by atoms with Crippen LogP contribution in [0.1, 0.15) is 5.56 Å². The number of rotatable bonds is 6. The lowest BCUT2D eigenvalue weighted by atomic mass is 10.3. The summed E-state index contributed by atoms with van der Waals surface area (Å²) in [4.78, 5) is 22.6. The Morgan fingerprint density at radius 2 is 1.92 bits per heavy atom. The van der Waals surface area contributed by atoms with Crippen LogP contribution in [0, 0.1) is 15.9 Å².